The molecule has 5 nitrogen and oxygen atoms in total. The molecule has 6 heteroatoms. The van der Waals surface area contributed by atoms with E-state index in [1.54, 1.807) is 12.1 Å². The van der Waals surface area contributed by atoms with Gasteiger partial charge < -0.3 is 10.6 Å². The van der Waals surface area contributed by atoms with Crippen LogP contribution in [0.1, 0.15) is 54.4 Å². The van der Waals surface area contributed by atoms with Crippen molar-refractivity contribution in [3.8, 4) is 0 Å². The highest BCUT2D eigenvalue weighted by molar-refractivity contribution is 5.93. The largest absolute Gasteiger partial charge is 0.354 e. The number of carbonyl (C=O) groups is 1. The van der Waals surface area contributed by atoms with Crippen LogP contribution >= 0.6 is 0 Å². The minimum absolute atomic E-state index is 0.116. The number of halogens is 1. The molecule has 1 heterocycles. The summed E-state index contributed by atoms with van der Waals surface area (Å²) in [4.78, 5) is 20.7. The molecule has 1 fully saturated rings. The summed E-state index contributed by atoms with van der Waals surface area (Å²) in [5, 5.41) is 6.14. The lowest BCUT2D eigenvalue weighted by Crippen LogP contribution is -2.34. The van der Waals surface area contributed by atoms with Gasteiger partial charge in [0.25, 0.3) is 5.91 Å². The Hall–Kier alpha value is -2.50. The summed E-state index contributed by atoms with van der Waals surface area (Å²) in [6, 6.07) is 6.96. The molecule has 2 aromatic rings. The number of nitrogens with one attached hydrogen (secondary N) is 2. The van der Waals surface area contributed by atoms with Crippen molar-refractivity contribution in [1.82, 2.24) is 15.3 Å². The minimum atomic E-state index is -0.208. The summed E-state index contributed by atoms with van der Waals surface area (Å²) in [6.07, 6.45) is 10.5. The number of carbonyl (C=O) groups excluding carboxylic acids is 1. The van der Waals surface area contributed by atoms with E-state index in [2.05, 4.69) is 20.6 Å². The Balaban J connectivity index is 1.48. The molecule has 1 saturated carbocycles. The fraction of sp³-hybridized carbons (Fsp3) is 0.450. The van der Waals surface area contributed by atoms with Crippen molar-refractivity contribution in [2.75, 3.05) is 11.9 Å². The Labute approximate surface area is 153 Å². The van der Waals surface area contributed by atoms with Crippen LogP contribution in [0.2, 0.25) is 0 Å². The quantitative estimate of drug-likeness (QED) is 0.774. The molecule has 1 aromatic heterocycles. The lowest BCUT2D eigenvalue weighted by atomic mass is 10.1. The van der Waals surface area contributed by atoms with Crippen LogP contribution in [-0.2, 0) is 6.42 Å². The molecule has 1 aliphatic rings. The third kappa shape index (κ3) is 5.25. The number of amides is 1. The average Bonchev–Trinajstić information content (AvgIpc) is 2.92. The number of benzene rings is 1. The summed E-state index contributed by atoms with van der Waals surface area (Å²) in [5.74, 6) is 0.114. The monoisotopic (exact) mass is 356 g/mol. The highest BCUT2D eigenvalue weighted by atomic mass is 19.1. The lowest BCUT2D eigenvalue weighted by Gasteiger charge is -2.16. The minimum Gasteiger partial charge on any atom is -0.354 e. The maximum atomic E-state index is 13.6. The zero-order chi connectivity index (χ0) is 18.2. The number of hydrogen-bond donors (Lipinski definition) is 2. The maximum Gasteiger partial charge on any atom is 0.254 e. The van der Waals surface area contributed by atoms with Crippen molar-refractivity contribution in [3.63, 3.8) is 0 Å². The molecule has 0 unspecified atom stereocenters. The second kappa shape index (κ2) is 9.27. The van der Waals surface area contributed by atoms with E-state index in [0.29, 0.717) is 30.0 Å². The van der Waals surface area contributed by atoms with Crippen molar-refractivity contribution in [2.24, 2.45) is 0 Å². The molecule has 2 N–H and O–H groups in total. The standard InChI is InChI=1S/C20H25FN4O/c21-18-10-6-5-7-15(18)11-12-22-20-23-13-16(14-24-20)19(26)25-17-8-3-1-2-4-9-17/h5-7,10,13-14,17H,1-4,8-9,11-12H2,(H,25,26)(H,22,23,24). The summed E-state index contributed by atoms with van der Waals surface area (Å²) < 4.78 is 13.6. The van der Waals surface area contributed by atoms with Gasteiger partial charge >= 0.3 is 0 Å². The topological polar surface area (TPSA) is 66.9 Å². The molecule has 0 bridgehead atoms. The Morgan fingerprint density at radius 1 is 1.08 bits per heavy atom. The Morgan fingerprint density at radius 2 is 1.77 bits per heavy atom. The van der Waals surface area contributed by atoms with E-state index in [-0.39, 0.29) is 17.8 Å². The summed E-state index contributed by atoms with van der Waals surface area (Å²) in [7, 11) is 0. The van der Waals surface area contributed by atoms with Crippen LogP contribution in [-0.4, -0.2) is 28.5 Å². The van der Waals surface area contributed by atoms with Crippen LogP contribution in [0.25, 0.3) is 0 Å². The van der Waals surface area contributed by atoms with E-state index in [9.17, 15) is 9.18 Å². The third-order valence-electron chi connectivity index (χ3n) is 4.74. The van der Waals surface area contributed by atoms with Gasteiger partial charge in [0, 0.05) is 25.0 Å². The molecule has 138 valence electrons. The number of nitrogens with zero attached hydrogens (tertiary/aromatic N) is 2. The first-order chi connectivity index (χ1) is 12.7. The number of hydrogen-bond acceptors (Lipinski definition) is 4. The Morgan fingerprint density at radius 3 is 2.46 bits per heavy atom. The molecule has 0 saturated heterocycles. The van der Waals surface area contributed by atoms with Crippen LogP contribution in [0.5, 0.6) is 0 Å². The molecule has 3 rings (SSSR count). The summed E-state index contributed by atoms with van der Waals surface area (Å²) >= 11 is 0. The first kappa shape index (κ1) is 18.3. The van der Waals surface area contributed by atoms with Crippen LogP contribution in [0, 0.1) is 5.82 Å². The normalized spacial score (nSPS) is 15.3. The Bertz CT molecular complexity index is 712. The van der Waals surface area contributed by atoms with Crippen LogP contribution < -0.4 is 10.6 Å². The number of aromatic nitrogens is 2. The second-order valence-corrected chi connectivity index (χ2v) is 6.73. The molecule has 0 spiro atoms. The SMILES string of the molecule is O=C(NC1CCCCCC1)c1cnc(NCCc2ccccc2F)nc1. The highest BCUT2D eigenvalue weighted by Crippen LogP contribution is 2.17. The molecule has 26 heavy (non-hydrogen) atoms. The summed E-state index contributed by atoms with van der Waals surface area (Å²) in [6.45, 7) is 0.522. The molecule has 0 aliphatic heterocycles. The van der Waals surface area contributed by atoms with Gasteiger partial charge in [0.1, 0.15) is 5.82 Å². The Kier molecular flexibility index (Phi) is 6.52. The highest BCUT2D eigenvalue weighted by Gasteiger charge is 2.16. The van der Waals surface area contributed by atoms with Crippen LogP contribution in [0.3, 0.4) is 0 Å². The predicted molar refractivity (Wildman–Crippen MR) is 99.6 cm³/mol. The predicted octanol–water partition coefficient (Wildman–Crippen LogP) is 3.72. The zero-order valence-corrected chi connectivity index (χ0v) is 14.9. The zero-order valence-electron chi connectivity index (χ0n) is 14.9. The van der Waals surface area contributed by atoms with E-state index in [4.69, 9.17) is 0 Å². The van der Waals surface area contributed by atoms with Crippen molar-refractivity contribution >= 4 is 11.9 Å². The molecule has 0 radical (unpaired) electrons. The smallest absolute Gasteiger partial charge is 0.254 e. The van der Waals surface area contributed by atoms with Crippen molar-refractivity contribution in [2.45, 2.75) is 51.0 Å². The average molecular weight is 356 g/mol. The molecule has 0 atom stereocenters. The van der Waals surface area contributed by atoms with E-state index < -0.39 is 0 Å². The van der Waals surface area contributed by atoms with Gasteiger partial charge in [-0.25, -0.2) is 14.4 Å². The van der Waals surface area contributed by atoms with Gasteiger partial charge in [-0.1, -0.05) is 43.9 Å². The van der Waals surface area contributed by atoms with Crippen molar-refractivity contribution in [1.29, 1.82) is 0 Å². The molecule has 1 aliphatic carbocycles. The van der Waals surface area contributed by atoms with E-state index >= 15 is 0 Å². The van der Waals surface area contributed by atoms with Crippen molar-refractivity contribution in [3.05, 3.63) is 53.6 Å². The second-order valence-electron chi connectivity index (χ2n) is 6.73. The van der Waals surface area contributed by atoms with Gasteiger partial charge in [-0.3, -0.25) is 4.79 Å². The molecular weight excluding hydrogens is 331 g/mol. The lowest BCUT2D eigenvalue weighted by molar-refractivity contribution is 0.0932. The number of rotatable bonds is 6. The molecular formula is C20H25FN4O. The third-order valence-corrected chi connectivity index (χ3v) is 4.74. The number of anilines is 1. The fourth-order valence-corrected chi connectivity index (χ4v) is 3.24. The molecule has 1 aromatic carbocycles. The van der Waals surface area contributed by atoms with Crippen LogP contribution in [0.15, 0.2) is 36.7 Å². The van der Waals surface area contributed by atoms with Gasteiger partial charge in [-0.2, -0.15) is 0 Å². The van der Waals surface area contributed by atoms with E-state index in [0.717, 1.165) is 12.8 Å². The van der Waals surface area contributed by atoms with Gasteiger partial charge in [0.2, 0.25) is 5.95 Å². The van der Waals surface area contributed by atoms with Crippen LogP contribution in [0.4, 0.5) is 10.3 Å². The summed E-state index contributed by atoms with van der Waals surface area (Å²) in [5.41, 5.74) is 1.12. The van der Waals surface area contributed by atoms with Gasteiger partial charge in [0.05, 0.1) is 5.56 Å². The van der Waals surface area contributed by atoms with E-state index in [1.807, 2.05) is 6.07 Å². The van der Waals surface area contributed by atoms with Gasteiger partial charge in [-0.15, -0.1) is 0 Å². The molecule has 1 amide bonds. The van der Waals surface area contributed by atoms with E-state index in [1.165, 1.54) is 44.1 Å². The maximum absolute atomic E-state index is 13.6. The first-order valence-electron chi connectivity index (χ1n) is 9.32. The fourth-order valence-electron chi connectivity index (χ4n) is 3.24. The first-order valence-corrected chi connectivity index (χ1v) is 9.32. The van der Waals surface area contributed by atoms with Gasteiger partial charge in [0.15, 0.2) is 0 Å². The van der Waals surface area contributed by atoms with Crippen molar-refractivity contribution < 1.29 is 9.18 Å². The van der Waals surface area contributed by atoms with Gasteiger partial charge in [-0.05, 0) is 30.9 Å².